The average molecular weight is 352 g/mol. The van der Waals surface area contributed by atoms with Gasteiger partial charge in [0, 0.05) is 5.56 Å². The van der Waals surface area contributed by atoms with E-state index in [4.69, 9.17) is 0 Å². The van der Waals surface area contributed by atoms with Crippen molar-refractivity contribution in [2.45, 2.75) is 4.90 Å². The van der Waals surface area contributed by atoms with Crippen molar-refractivity contribution < 1.29 is 39.3 Å². The Morgan fingerprint density at radius 3 is 1.65 bits per heavy atom. The number of hydrogen-bond donors (Lipinski definition) is 0. The highest BCUT2D eigenvalue weighted by molar-refractivity contribution is 7.87. The Bertz CT molecular complexity index is 849. The zero-order valence-corrected chi connectivity index (χ0v) is 11.6. The molecule has 0 saturated heterocycles. The van der Waals surface area contributed by atoms with Gasteiger partial charge in [0.1, 0.15) is 11.2 Å². The van der Waals surface area contributed by atoms with E-state index in [0.29, 0.717) is 6.29 Å². The summed E-state index contributed by atoms with van der Waals surface area (Å²) >= 11 is 0. The number of aldehydes is 1. The molecule has 2 rings (SSSR count). The van der Waals surface area contributed by atoms with Gasteiger partial charge in [-0.05, 0) is 12.1 Å². The van der Waals surface area contributed by atoms with Gasteiger partial charge in [0.05, 0.1) is 0 Å². The third kappa shape index (κ3) is 3.02. The summed E-state index contributed by atoms with van der Waals surface area (Å²) in [5.41, 5.74) is 0.0974. The third-order valence-electron chi connectivity index (χ3n) is 2.67. The molecular weight excluding hydrogens is 347 g/mol. The Kier molecular flexibility index (Phi) is 4.37. The Hall–Kier alpha value is -2.49. The highest BCUT2D eigenvalue weighted by Gasteiger charge is 2.30. The van der Waals surface area contributed by atoms with E-state index in [1.807, 2.05) is 0 Å². The Labute approximate surface area is 126 Å². The van der Waals surface area contributed by atoms with Gasteiger partial charge in [0.25, 0.3) is 0 Å². The third-order valence-corrected chi connectivity index (χ3v) is 3.90. The Morgan fingerprint density at radius 2 is 1.22 bits per heavy atom. The molecule has 0 radical (unpaired) electrons. The molecule has 0 aliphatic rings. The molecule has 0 N–H and O–H groups in total. The molecule has 0 aliphatic heterocycles. The summed E-state index contributed by atoms with van der Waals surface area (Å²) in [7, 11) is -4.88. The molecule has 0 atom stereocenters. The molecule has 0 unspecified atom stereocenters. The van der Waals surface area contributed by atoms with Gasteiger partial charge >= 0.3 is 10.1 Å². The van der Waals surface area contributed by atoms with Crippen molar-refractivity contribution in [2.75, 3.05) is 0 Å². The van der Waals surface area contributed by atoms with Gasteiger partial charge in [0.2, 0.25) is 34.8 Å². The molecule has 122 valence electrons. The molecular formula is C13H5F5O4S. The van der Waals surface area contributed by atoms with E-state index < -0.39 is 49.8 Å². The molecule has 2 aromatic rings. The minimum atomic E-state index is -4.88. The smallest absolute Gasteiger partial charge is 0.339 e. The van der Waals surface area contributed by atoms with Gasteiger partial charge in [-0.1, -0.05) is 12.1 Å². The molecule has 0 aliphatic carbocycles. The van der Waals surface area contributed by atoms with Crippen molar-refractivity contribution in [3.8, 4) is 5.75 Å². The first kappa shape index (κ1) is 16.9. The van der Waals surface area contributed by atoms with Gasteiger partial charge in [-0.3, -0.25) is 4.79 Å². The van der Waals surface area contributed by atoms with Crippen LogP contribution in [-0.4, -0.2) is 14.7 Å². The fraction of sp³-hybridized carbons (Fsp3) is 0. The van der Waals surface area contributed by atoms with Crippen LogP contribution in [0.3, 0.4) is 0 Å². The number of carbonyl (C=O) groups excluding carboxylic acids is 1. The summed E-state index contributed by atoms with van der Waals surface area (Å²) in [4.78, 5) is 9.81. The first-order valence-corrected chi connectivity index (χ1v) is 7.11. The number of hydrogen-bond acceptors (Lipinski definition) is 4. The van der Waals surface area contributed by atoms with Crippen molar-refractivity contribution >= 4 is 16.4 Å². The van der Waals surface area contributed by atoms with Crippen LogP contribution in [0.5, 0.6) is 5.75 Å². The van der Waals surface area contributed by atoms with Crippen molar-refractivity contribution in [1.82, 2.24) is 0 Å². The Balaban J connectivity index is 2.51. The van der Waals surface area contributed by atoms with Crippen LogP contribution in [-0.2, 0) is 10.1 Å². The molecule has 2 aromatic carbocycles. The molecule has 0 saturated carbocycles. The van der Waals surface area contributed by atoms with E-state index in [9.17, 15) is 35.2 Å². The summed E-state index contributed by atoms with van der Waals surface area (Å²) in [6.45, 7) is 0. The lowest BCUT2D eigenvalue weighted by Gasteiger charge is -2.10. The zero-order chi connectivity index (χ0) is 17.4. The average Bonchev–Trinajstić information content (AvgIpc) is 2.55. The van der Waals surface area contributed by atoms with Gasteiger partial charge in [0.15, 0.2) is 0 Å². The molecule has 0 fully saturated rings. The van der Waals surface area contributed by atoms with E-state index in [1.165, 1.54) is 0 Å². The molecule has 0 bridgehead atoms. The lowest BCUT2D eigenvalue weighted by molar-refractivity contribution is 0.112. The summed E-state index contributed by atoms with van der Waals surface area (Å²) in [6, 6.07) is 3.85. The van der Waals surface area contributed by atoms with E-state index >= 15 is 0 Å². The van der Waals surface area contributed by atoms with Crippen molar-refractivity contribution in [1.29, 1.82) is 0 Å². The van der Waals surface area contributed by atoms with Crippen LogP contribution in [0.2, 0.25) is 0 Å². The second-order valence-electron chi connectivity index (χ2n) is 4.12. The predicted octanol–water partition coefficient (Wildman–Crippen LogP) is 2.96. The molecule has 0 amide bonds. The summed E-state index contributed by atoms with van der Waals surface area (Å²) in [5, 5.41) is 0. The fourth-order valence-corrected chi connectivity index (χ4v) is 2.46. The summed E-state index contributed by atoms with van der Waals surface area (Å²) in [5.74, 6) is -13.9. The second kappa shape index (κ2) is 5.95. The second-order valence-corrected chi connectivity index (χ2v) is 5.67. The summed E-state index contributed by atoms with van der Waals surface area (Å²) in [6.07, 6.45) is 0.404. The van der Waals surface area contributed by atoms with Crippen LogP contribution in [0.25, 0.3) is 0 Å². The molecule has 23 heavy (non-hydrogen) atoms. The van der Waals surface area contributed by atoms with Gasteiger partial charge in [-0.2, -0.15) is 17.2 Å². The number of benzene rings is 2. The van der Waals surface area contributed by atoms with Gasteiger partial charge < -0.3 is 4.18 Å². The highest BCUT2D eigenvalue weighted by atomic mass is 32.2. The minimum Gasteiger partial charge on any atom is -0.372 e. The lowest BCUT2D eigenvalue weighted by atomic mass is 10.2. The molecule has 10 heteroatoms. The molecule has 0 spiro atoms. The van der Waals surface area contributed by atoms with E-state index in [2.05, 4.69) is 4.18 Å². The maximum absolute atomic E-state index is 13.4. The quantitative estimate of drug-likeness (QED) is 0.279. The van der Waals surface area contributed by atoms with E-state index in [0.717, 1.165) is 24.3 Å². The fourth-order valence-electron chi connectivity index (χ4n) is 1.53. The zero-order valence-electron chi connectivity index (χ0n) is 10.8. The standard InChI is InChI=1S/C13H5F5O4S/c14-8-9(15)11(17)13(12(18)10(8)16)22-23(20,21)7-3-1-6(5-19)2-4-7/h1-5H. The minimum absolute atomic E-state index is 0.0974. The molecule has 0 heterocycles. The van der Waals surface area contributed by atoms with Crippen LogP contribution in [0.1, 0.15) is 10.4 Å². The van der Waals surface area contributed by atoms with Crippen LogP contribution in [0, 0.1) is 29.1 Å². The topological polar surface area (TPSA) is 60.4 Å². The molecule has 0 aromatic heterocycles. The Morgan fingerprint density at radius 1 is 0.783 bits per heavy atom. The first-order chi connectivity index (χ1) is 10.7. The number of rotatable bonds is 4. The summed E-state index contributed by atoms with van der Waals surface area (Å²) < 4.78 is 93.4. The maximum Gasteiger partial charge on any atom is 0.339 e. The monoisotopic (exact) mass is 352 g/mol. The number of carbonyl (C=O) groups is 1. The van der Waals surface area contributed by atoms with Crippen LogP contribution in [0.15, 0.2) is 29.2 Å². The van der Waals surface area contributed by atoms with Crippen molar-refractivity contribution in [3.05, 3.63) is 58.9 Å². The SMILES string of the molecule is O=Cc1ccc(S(=O)(=O)Oc2c(F)c(F)c(F)c(F)c2F)cc1. The van der Waals surface area contributed by atoms with Gasteiger partial charge in [-0.15, -0.1) is 0 Å². The van der Waals surface area contributed by atoms with Gasteiger partial charge in [-0.25, -0.2) is 13.2 Å². The number of halogens is 5. The largest absolute Gasteiger partial charge is 0.372 e. The maximum atomic E-state index is 13.4. The lowest BCUT2D eigenvalue weighted by Crippen LogP contribution is -2.14. The highest BCUT2D eigenvalue weighted by Crippen LogP contribution is 2.31. The van der Waals surface area contributed by atoms with Crippen LogP contribution < -0.4 is 4.18 Å². The van der Waals surface area contributed by atoms with Crippen LogP contribution >= 0.6 is 0 Å². The predicted molar refractivity (Wildman–Crippen MR) is 65.9 cm³/mol. The van der Waals surface area contributed by atoms with E-state index in [-0.39, 0.29) is 5.56 Å². The van der Waals surface area contributed by atoms with Crippen LogP contribution in [0.4, 0.5) is 22.0 Å². The normalized spacial score (nSPS) is 11.3. The first-order valence-electron chi connectivity index (χ1n) is 5.70. The van der Waals surface area contributed by atoms with Crippen molar-refractivity contribution in [3.63, 3.8) is 0 Å². The van der Waals surface area contributed by atoms with E-state index in [1.54, 1.807) is 0 Å². The van der Waals surface area contributed by atoms with Crippen molar-refractivity contribution in [2.24, 2.45) is 0 Å². The molecule has 4 nitrogen and oxygen atoms in total.